The first kappa shape index (κ1) is 16.9. The molecular formula is C14H14Br3N3O. The normalized spacial score (nSPS) is 11.1. The molecule has 0 fully saturated rings. The van der Waals surface area contributed by atoms with Crippen LogP contribution in [0, 0.1) is 0 Å². The molecule has 0 atom stereocenters. The van der Waals surface area contributed by atoms with Crippen LogP contribution >= 0.6 is 47.8 Å². The van der Waals surface area contributed by atoms with Crippen LogP contribution in [-0.2, 0) is 6.54 Å². The summed E-state index contributed by atoms with van der Waals surface area (Å²) in [6, 6.07) is 5.51. The number of hydrogen-bond donors (Lipinski definition) is 0. The smallest absolute Gasteiger partial charge is 0.213 e. The molecule has 0 radical (unpaired) electrons. The minimum Gasteiger partial charge on any atom is -0.308 e. The van der Waals surface area contributed by atoms with Gasteiger partial charge in [0.05, 0.1) is 17.2 Å². The third-order valence-electron chi connectivity index (χ3n) is 2.94. The van der Waals surface area contributed by atoms with Crippen molar-refractivity contribution >= 4 is 53.6 Å². The van der Waals surface area contributed by atoms with Gasteiger partial charge in [0.25, 0.3) is 0 Å². The highest BCUT2D eigenvalue weighted by Crippen LogP contribution is 2.27. The third kappa shape index (κ3) is 4.03. The second-order valence-electron chi connectivity index (χ2n) is 4.82. The van der Waals surface area contributed by atoms with Crippen molar-refractivity contribution in [3.63, 3.8) is 0 Å². The summed E-state index contributed by atoms with van der Waals surface area (Å²) in [4.78, 5) is 14.8. The Morgan fingerprint density at radius 2 is 1.95 bits per heavy atom. The van der Waals surface area contributed by atoms with Crippen molar-refractivity contribution in [2.45, 2.75) is 6.54 Å². The van der Waals surface area contributed by atoms with Gasteiger partial charge in [-0.25, -0.2) is 0 Å². The zero-order valence-corrected chi connectivity index (χ0v) is 16.4. The molecule has 1 aromatic carbocycles. The van der Waals surface area contributed by atoms with Crippen LogP contribution in [0.3, 0.4) is 0 Å². The Labute approximate surface area is 148 Å². The molecule has 0 aliphatic heterocycles. The van der Waals surface area contributed by atoms with E-state index in [4.69, 9.17) is 0 Å². The summed E-state index contributed by atoms with van der Waals surface area (Å²) >= 11 is 10.2. The van der Waals surface area contributed by atoms with Gasteiger partial charge < -0.3 is 4.90 Å². The molecule has 112 valence electrons. The molecule has 0 unspecified atom stereocenters. The lowest BCUT2D eigenvalue weighted by Crippen LogP contribution is -2.22. The van der Waals surface area contributed by atoms with E-state index < -0.39 is 0 Å². The van der Waals surface area contributed by atoms with Crippen molar-refractivity contribution in [2.24, 2.45) is 0 Å². The molecule has 2 rings (SSSR count). The summed E-state index contributed by atoms with van der Waals surface area (Å²) in [5.74, 6) is -0.0579. The molecule has 0 spiro atoms. The first-order chi connectivity index (χ1) is 9.90. The van der Waals surface area contributed by atoms with Crippen molar-refractivity contribution < 1.29 is 4.79 Å². The fourth-order valence-corrected chi connectivity index (χ4v) is 3.56. The molecule has 0 N–H and O–H groups in total. The SMILES string of the molecule is CN(C)CCn1ncc(Br)c1C(=O)c1ccc(Br)cc1Br. The topological polar surface area (TPSA) is 38.1 Å². The van der Waals surface area contributed by atoms with Crippen LogP contribution in [-0.4, -0.2) is 41.1 Å². The number of nitrogens with zero attached hydrogens (tertiary/aromatic N) is 3. The minimum atomic E-state index is -0.0579. The number of halogens is 3. The lowest BCUT2D eigenvalue weighted by Gasteiger charge is -2.12. The number of ketones is 1. The van der Waals surface area contributed by atoms with Crippen LogP contribution in [0.2, 0.25) is 0 Å². The van der Waals surface area contributed by atoms with E-state index in [1.807, 2.05) is 26.2 Å². The standard InChI is InChI=1S/C14H14Br3N3O/c1-19(2)5-6-20-13(12(17)8-18-20)14(21)10-4-3-9(15)7-11(10)16/h3-4,7-8H,5-6H2,1-2H3. The minimum absolute atomic E-state index is 0.0579. The predicted octanol–water partition coefficient (Wildman–Crippen LogP) is 3.96. The maximum Gasteiger partial charge on any atom is 0.213 e. The highest BCUT2D eigenvalue weighted by Gasteiger charge is 2.21. The number of carbonyl (C=O) groups is 1. The number of benzene rings is 1. The molecule has 4 nitrogen and oxygen atoms in total. The average molecular weight is 480 g/mol. The average Bonchev–Trinajstić information content (AvgIpc) is 2.77. The summed E-state index contributed by atoms with van der Waals surface area (Å²) in [6.45, 7) is 1.48. The molecule has 0 aliphatic rings. The maximum atomic E-state index is 12.8. The summed E-state index contributed by atoms with van der Waals surface area (Å²) < 4.78 is 4.13. The largest absolute Gasteiger partial charge is 0.308 e. The van der Waals surface area contributed by atoms with Crippen LogP contribution in [0.5, 0.6) is 0 Å². The van der Waals surface area contributed by atoms with Gasteiger partial charge >= 0.3 is 0 Å². The second-order valence-corrected chi connectivity index (χ2v) is 7.45. The maximum absolute atomic E-state index is 12.8. The number of aromatic nitrogens is 2. The highest BCUT2D eigenvalue weighted by atomic mass is 79.9. The molecule has 0 aliphatic carbocycles. The Bertz CT molecular complexity index is 667. The van der Waals surface area contributed by atoms with Crippen molar-refractivity contribution in [1.82, 2.24) is 14.7 Å². The van der Waals surface area contributed by atoms with Gasteiger partial charge in [-0.05, 0) is 64.2 Å². The zero-order chi connectivity index (χ0) is 15.6. The Morgan fingerprint density at radius 3 is 2.57 bits per heavy atom. The summed E-state index contributed by atoms with van der Waals surface area (Å²) in [6.07, 6.45) is 1.66. The Kier molecular flexibility index (Phi) is 5.76. The fraction of sp³-hybridized carbons (Fsp3) is 0.286. The van der Waals surface area contributed by atoms with E-state index in [1.54, 1.807) is 16.9 Å². The van der Waals surface area contributed by atoms with Crippen molar-refractivity contribution in [3.8, 4) is 0 Å². The van der Waals surface area contributed by atoms with Gasteiger partial charge in [0.2, 0.25) is 5.78 Å². The molecule has 21 heavy (non-hydrogen) atoms. The van der Waals surface area contributed by atoms with E-state index in [-0.39, 0.29) is 5.78 Å². The zero-order valence-electron chi connectivity index (χ0n) is 11.6. The number of hydrogen-bond acceptors (Lipinski definition) is 3. The summed E-state index contributed by atoms with van der Waals surface area (Å²) in [7, 11) is 3.98. The molecular weight excluding hydrogens is 466 g/mol. The molecule has 1 aromatic heterocycles. The van der Waals surface area contributed by atoms with Crippen LogP contribution in [0.15, 0.2) is 37.8 Å². The summed E-state index contributed by atoms with van der Waals surface area (Å²) in [5.41, 5.74) is 1.19. The van der Waals surface area contributed by atoms with Gasteiger partial charge in [0.15, 0.2) is 0 Å². The molecule has 2 aromatic rings. The van der Waals surface area contributed by atoms with E-state index >= 15 is 0 Å². The highest BCUT2D eigenvalue weighted by molar-refractivity contribution is 9.11. The van der Waals surface area contributed by atoms with Crippen LogP contribution in [0.25, 0.3) is 0 Å². The summed E-state index contributed by atoms with van der Waals surface area (Å²) in [5, 5.41) is 4.28. The van der Waals surface area contributed by atoms with Gasteiger partial charge in [0, 0.05) is 21.1 Å². The first-order valence-electron chi connectivity index (χ1n) is 6.26. The van der Waals surface area contributed by atoms with Crippen LogP contribution in [0.4, 0.5) is 0 Å². The van der Waals surface area contributed by atoms with Crippen molar-refractivity contribution in [1.29, 1.82) is 0 Å². The molecule has 0 saturated carbocycles. The quantitative estimate of drug-likeness (QED) is 0.609. The van der Waals surface area contributed by atoms with E-state index in [1.165, 1.54) is 0 Å². The van der Waals surface area contributed by atoms with Crippen molar-refractivity contribution in [2.75, 3.05) is 20.6 Å². The molecule has 7 heteroatoms. The monoisotopic (exact) mass is 477 g/mol. The Morgan fingerprint density at radius 1 is 1.24 bits per heavy atom. The first-order valence-corrected chi connectivity index (χ1v) is 8.64. The Balaban J connectivity index is 2.36. The second kappa shape index (κ2) is 7.17. The molecule has 0 saturated heterocycles. The van der Waals surface area contributed by atoms with Gasteiger partial charge in [-0.2, -0.15) is 5.10 Å². The van der Waals surface area contributed by atoms with Gasteiger partial charge in [-0.3, -0.25) is 9.48 Å². The van der Waals surface area contributed by atoms with Gasteiger partial charge in [-0.1, -0.05) is 15.9 Å². The number of carbonyl (C=O) groups excluding carboxylic acids is 1. The van der Waals surface area contributed by atoms with E-state index in [2.05, 4.69) is 57.8 Å². The lowest BCUT2D eigenvalue weighted by atomic mass is 10.1. The van der Waals surface area contributed by atoms with E-state index in [9.17, 15) is 4.79 Å². The van der Waals surface area contributed by atoms with Gasteiger partial charge in [-0.15, -0.1) is 0 Å². The predicted molar refractivity (Wildman–Crippen MR) is 93.8 cm³/mol. The number of rotatable bonds is 5. The van der Waals surface area contributed by atoms with E-state index in [0.29, 0.717) is 22.3 Å². The molecule has 0 amide bonds. The van der Waals surface area contributed by atoms with Crippen LogP contribution < -0.4 is 0 Å². The molecule has 1 heterocycles. The van der Waals surface area contributed by atoms with E-state index in [0.717, 1.165) is 15.5 Å². The molecule has 0 bridgehead atoms. The Hall–Kier alpha value is -0.500. The number of likely N-dealkylation sites (N-methyl/N-ethyl adjacent to an activating group) is 1. The van der Waals surface area contributed by atoms with Crippen molar-refractivity contribution in [3.05, 3.63) is 49.1 Å². The third-order valence-corrected chi connectivity index (χ3v) is 4.67. The van der Waals surface area contributed by atoms with Crippen LogP contribution in [0.1, 0.15) is 16.1 Å². The fourth-order valence-electron chi connectivity index (χ4n) is 1.85. The lowest BCUT2D eigenvalue weighted by molar-refractivity contribution is 0.102. The van der Waals surface area contributed by atoms with Gasteiger partial charge in [0.1, 0.15) is 5.69 Å².